The molecule has 4 aliphatic rings. The summed E-state index contributed by atoms with van der Waals surface area (Å²) < 4.78 is 11.3. The van der Waals surface area contributed by atoms with E-state index in [0.717, 1.165) is 37.3 Å². The van der Waals surface area contributed by atoms with Gasteiger partial charge in [0.1, 0.15) is 23.0 Å². The molecule has 0 saturated carbocycles. The van der Waals surface area contributed by atoms with E-state index >= 15 is 0 Å². The van der Waals surface area contributed by atoms with Gasteiger partial charge in [-0.15, -0.1) is 0 Å². The number of carbonyl (C=O) groups excluding carboxylic acids is 3. The molecule has 8 rings (SSSR count). The molecular formula is C53H66N8O10. The standard InChI is InChI=1S/C53H66N8O10/c1-52(2,3)70-50(64)57-28-10-14-44(57)48(62)54-40-22-16-36(32-46(40)60(66)67)42-24-25-43(59(42)39-20-18-38(19-21-39)56-30-26-35(27-31-56)34-12-8-7-9-13-34)37-17-23-41(47(33-37)61(68)69)55-49(63)45-15-11-29-58(45)51(65)71-53(4,5)6/h7-9,12-13,16-23,32-33,35,42-45,50,64H,10-11,14-15,24-31H2,1-6H3,(H,54,62)(H,55,63)/t42-,43-,44+,45+,50?/m1/s1. The quantitative estimate of drug-likeness (QED) is 0.0647. The van der Waals surface area contributed by atoms with Crippen molar-refractivity contribution in [1.29, 1.82) is 0 Å². The molecule has 378 valence electrons. The molecule has 71 heavy (non-hydrogen) atoms. The predicted molar refractivity (Wildman–Crippen MR) is 270 cm³/mol. The van der Waals surface area contributed by atoms with Gasteiger partial charge in [-0.25, -0.2) is 9.69 Å². The van der Waals surface area contributed by atoms with E-state index in [4.69, 9.17) is 9.47 Å². The minimum atomic E-state index is -1.34. The number of nitro groups is 2. The van der Waals surface area contributed by atoms with Crippen LogP contribution in [0, 0.1) is 20.2 Å². The number of anilines is 4. The van der Waals surface area contributed by atoms with E-state index in [1.54, 1.807) is 58.6 Å². The van der Waals surface area contributed by atoms with E-state index in [1.165, 1.54) is 34.7 Å². The van der Waals surface area contributed by atoms with Gasteiger partial charge in [-0.05, 0) is 152 Å². The lowest BCUT2D eigenvalue weighted by Crippen LogP contribution is -2.48. The van der Waals surface area contributed by atoms with Crippen molar-refractivity contribution in [1.82, 2.24) is 9.80 Å². The second-order valence-corrected chi connectivity index (χ2v) is 21.0. The molecule has 3 N–H and O–H groups in total. The van der Waals surface area contributed by atoms with Gasteiger partial charge in [0, 0.05) is 49.7 Å². The van der Waals surface area contributed by atoms with Gasteiger partial charge in [-0.1, -0.05) is 42.5 Å². The molecule has 18 heteroatoms. The van der Waals surface area contributed by atoms with Crippen molar-refractivity contribution in [2.45, 2.75) is 141 Å². The van der Waals surface area contributed by atoms with E-state index in [-0.39, 0.29) is 22.7 Å². The summed E-state index contributed by atoms with van der Waals surface area (Å²) >= 11 is 0. The van der Waals surface area contributed by atoms with Gasteiger partial charge in [-0.3, -0.25) is 34.7 Å². The molecule has 0 spiro atoms. The first-order chi connectivity index (χ1) is 33.7. The van der Waals surface area contributed by atoms with Crippen LogP contribution in [0.25, 0.3) is 0 Å². The molecule has 1 unspecified atom stereocenters. The predicted octanol–water partition coefficient (Wildman–Crippen LogP) is 9.80. The third-order valence-corrected chi connectivity index (χ3v) is 13.9. The monoisotopic (exact) mass is 974 g/mol. The number of nitrogens with zero attached hydrogens (tertiary/aromatic N) is 6. The molecule has 0 radical (unpaired) electrons. The number of amides is 3. The molecular weight excluding hydrogens is 909 g/mol. The van der Waals surface area contributed by atoms with Gasteiger partial charge in [0.2, 0.25) is 18.2 Å². The minimum Gasteiger partial charge on any atom is -0.444 e. The van der Waals surface area contributed by atoms with Crippen molar-refractivity contribution in [3.8, 4) is 0 Å². The summed E-state index contributed by atoms with van der Waals surface area (Å²) in [6.07, 6.45) is 3.14. The van der Waals surface area contributed by atoms with Crippen LogP contribution in [0.1, 0.15) is 128 Å². The van der Waals surface area contributed by atoms with Gasteiger partial charge >= 0.3 is 6.09 Å². The number of nitro benzene ring substituents is 2. The number of aliphatic hydroxyl groups excluding tert-OH is 1. The molecule has 4 aromatic carbocycles. The van der Waals surface area contributed by atoms with Crippen molar-refractivity contribution in [2.24, 2.45) is 0 Å². The Morgan fingerprint density at radius 1 is 0.634 bits per heavy atom. The number of carbonyl (C=O) groups is 3. The van der Waals surface area contributed by atoms with Crippen LogP contribution in [0.3, 0.4) is 0 Å². The zero-order chi connectivity index (χ0) is 50.8. The highest BCUT2D eigenvalue weighted by molar-refractivity contribution is 5.99. The molecule has 4 heterocycles. The van der Waals surface area contributed by atoms with Gasteiger partial charge in [0.15, 0.2) is 0 Å². The number of piperidine rings is 1. The summed E-state index contributed by atoms with van der Waals surface area (Å²) in [5.41, 5.74) is 2.39. The highest BCUT2D eigenvalue weighted by Gasteiger charge is 2.41. The Morgan fingerprint density at radius 3 is 1.69 bits per heavy atom. The summed E-state index contributed by atoms with van der Waals surface area (Å²) in [6, 6.07) is 25.8. The maximum atomic E-state index is 13.7. The fraction of sp³-hybridized carbons (Fsp3) is 0.491. The maximum absolute atomic E-state index is 13.7. The number of ether oxygens (including phenoxy) is 2. The van der Waals surface area contributed by atoms with Crippen molar-refractivity contribution in [2.75, 3.05) is 46.6 Å². The number of nitrogens with one attached hydrogen (secondary N) is 2. The number of hydrogen-bond acceptors (Lipinski definition) is 13. The van der Waals surface area contributed by atoms with Gasteiger partial charge in [0.05, 0.1) is 33.6 Å². The smallest absolute Gasteiger partial charge is 0.410 e. The summed E-state index contributed by atoms with van der Waals surface area (Å²) in [7, 11) is 0. The Hall–Kier alpha value is -6.63. The van der Waals surface area contributed by atoms with Gasteiger partial charge in [0.25, 0.3) is 11.4 Å². The number of aliphatic hydroxyl groups is 1. The summed E-state index contributed by atoms with van der Waals surface area (Å²) in [6.45, 7) is 13.1. The summed E-state index contributed by atoms with van der Waals surface area (Å²) in [4.78, 5) is 72.4. The van der Waals surface area contributed by atoms with Crippen molar-refractivity contribution in [3.05, 3.63) is 128 Å². The average Bonchev–Trinajstić information content (AvgIpc) is 4.13. The molecule has 4 aliphatic heterocycles. The largest absolute Gasteiger partial charge is 0.444 e. The van der Waals surface area contributed by atoms with Crippen LogP contribution in [0.5, 0.6) is 0 Å². The molecule has 18 nitrogen and oxygen atoms in total. The van der Waals surface area contributed by atoms with E-state index in [1.807, 2.05) is 18.2 Å². The molecule has 0 aliphatic carbocycles. The molecule has 4 saturated heterocycles. The fourth-order valence-electron chi connectivity index (χ4n) is 10.6. The Labute approximate surface area is 414 Å². The number of likely N-dealkylation sites (tertiary alicyclic amines) is 2. The van der Waals surface area contributed by atoms with E-state index in [9.17, 15) is 39.7 Å². The van der Waals surface area contributed by atoms with Crippen LogP contribution in [-0.2, 0) is 19.1 Å². The zero-order valence-electron chi connectivity index (χ0n) is 41.4. The Kier molecular flexibility index (Phi) is 15.0. The van der Waals surface area contributed by atoms with Crippen molar-refractivity contribution >= 4 is 52.0 Å². The van der Waals surface area contributed by atoms with Crippen LogP contribution in [0.15, 0.2) is 91.0 Å². The number of rotatable bonds is 13. The Morgan fingerprint density at radius 2 is 1.15 bits per heavy atom. The summed E-state index contributed by atoms with van der Waals surface area (Å²) in [5, 5.41) is 41.9. The number of hydrogen-bond donors (Lipinski definition) is 3. The lowest BCUT2D eigenvalue weighted by atomic mass is 9.89. The van der Waals surface area contributed by atoms with Crippen LogP contribution in [0.4, 0.5) is 38.9 Å². The highest BCUT2D eigenvalue weighted by Crippen LogP contribution is 2.49. The lowest BCUT2D eigenvalue weighted by molar-refractivity contribution is -0.384. The van der Waals surface area contributed by atoms with Crippen LogP contribution in [0.2, 0.25) is 0 Å². The normalized spacial score (nSPS) is 21.5. The third-order valence-electron chi connectivity index (χ3n) is 13.9. The van der Waals surface area contributed by atoms with Gasteiger partial charge < -0.3 is 35.0 Å². The third kappa shape index (κ3) is 11.8. The molecule has 0 aromatic heterocycles. The summed E-state index contributed by atoms with van der Waals surface area (Å²) in [5.74, 6) is -0.560. The molecule has 5 atom stereocenters. The first-order valence-corrected chi connectivity index (χ1v) is 24.7. The van der Waals surface area contributed by atoms with Crippen LogP contribution >= 0.6 is 0 Å². The fourth-order valence-corrected chi connectivity index (χ4v) is 10.6. The van der Waals surface area contributed by atoms with Crippen molar-refractivity contribution in [3.63, 3.8) is 0 Å². The minimum absolute atomic E-state index is 0.00787. The average molecular weight is 975 g/mol. The molecule has 4 fully saturated rings. The number of benzene rings is 4. The van der Waals surface area contributed by atoms with E-state index in [2.05, 4.69) is 56.8 Å². The van der Waals surface area contributed by atoms with Crippen LogP contribution in [-0.4, -0.2) is 98.5 Å². The second kappa shape index (κ2) is 21.0. The SMILES string of the molecule is CC(C)(C)OC(=O)N1CCC[C@H]1C(=O)Nc1ccc([C@H]2CC[C@H](c3ccc(NC(=O)[C@@H]4CCCN4C(O)OC(C)(C)C)c([N+](=O)[O-])c3)N2c2ccc(N3CCC(c4ccccc4)CC3)cc2)cc1[N+](=O)[O-]. The Bertz CT molecular complexity index is 2590. The second-order valence-electron chi connectivity index (χ2n) is 21.0. The Balaban J connectivity index is 1.07. The highest BCUT2D eigenvalue weighted by atomic mass is 16.6. The van der Waals surface area contributed by atoms with Crippen molar-refractivity contribution < 1.29 is 38.8 Å². The van der Waals surface area contributed by atoms with Gasteiger partial charge in [-0.2, -0.15) is 0 Å². The first kappa shape index (κ1) is 50.7. The van der Waals surface area contributed by atoms with E-state index in [0.29, 0.717) is 68.7 Å². The molecule has 3 amide bonds. The lowest BCUT2D eigenvalue weighted by Gasteiger charge is -2.35. The topological polar surface area (TPSA) is 213 Å². The molecule has 0 bridgehead atoms. The van der Waals surface area contributed by atoms with E-state index < -0.39 is 69.5 Å². The zero-order valence-corrected chi connectivity index (χ0v) is 41.4. The molecule has 4 aromatic rings. The maximum Gasteiger partial charge on any atom is 0.410 e. The van der Waals surface area contributed by atoms with Crippen LogP contribution < -0.4 is 20.4 Å². The first-order valence-electron chi connectivity index (χ1n) is 24.7.